The van der Waals surface area contributed by atoms with Gasteiger partial charge in [0, 0.05) is 6.42 Å². The molecule has 0 aromatic rings. The molecule has 0 bridgehead atoms. The van der Waals surface area contributed by atoms with E-state index in [9.17, 15) is 0 Å². The highest BCUT2D eigenvalue weighted by Gasteiger charge is 1.84. The Kier molecular flexibility index (Phi) is 13.4. The molecule has 0 saturated heterocycles. The fourth-order valence-electron chi connectivity index (χ4n) is 0.476. The molecule has 0 saturated carbocycles. The van der Waals surface area contributed by atoms with E-state index in [0.717, 1.165) is 12.8 Å². The summed E-state index contributed by atoms with van der Waals surface area (Å²) in [6.07, 6.45) is 4.94. The second-order valence-electron chi connectivity index (χ2n) is 1.64. The number of hydrogen-bond acceptors (Lipinski definition) is 1. The normalized spacial score (nSPS) is 9.70. The zero-order valence-corrected chi connectivity index (χ0v) is 7.22. The van der Waals surface area contributed by atoms with Gasteiger partial charge in [-0.15, -0.1) is 0 Å². The highest BCUT2D eigenvalue weighted by molar-refractivity contribution is 5.02. The van der Waals surface area contributed by atoms with Gasteiger partial charge in [0.15, 0.2) is 0 Å². The van der Waals surface area contributed by atoms with Gasteiger partial charge < -0.3 is 5.11 Å². The Morgan fingerprint density at radius 2 is 2.00 bits per heavy atom. The molecule has 0 rings (SSSR count). The smallest absolute Gasteiger partial charge is 0.0922 e. The van der Waals surface area contributed by atoms with E-state index in [1.165, 1.54) is 0 Å². The summed E-state index contributed by atoms with van der Waals surface area (Å²) in [5.74, 6) is 0.419. The van der Waals surface area contributed by atoms with Crippen LogP contribution in [-0.2, 0) is 0 Å². The van der Waals surface area contributed by atoms with Crippen molar-refractivity contribution >= 4 is 0 Å². The third-order valence-electron chi connectivity index (χ3n) is 0.816. The first kappa shape index (κ1) is 12.0. The van der Waals surface area contributed by atoms with E-state index in [0.29, 0.717) is 5.76 Å². The van der Waals surface area contributed by atoms with Gasteiger partial charge >= 0.3 is 0 Å². The molecule has 0 amide bonds. The van der Waals surface area contributed by atoms with Crippen LogP contribution in [0.3, 0.4) is 0 Å². The van der Waals surface area contributed by atoms with Crippen molar-refractivity contribution in [2.45, 2.75) is 33.6 Å². The third kappa shape index (κ3) is 10.3. The molecule has 0 aliphatic carbocycles. The molecule has 0 radical (unpaired) electrons. The summed E-state index contributed by atoms with van der Waals surface area (Å²) in [4.78, 5) is 0. The number of hydrogen-bond donors (Lipinski definition) is 1. The molecule has 0 heterocycles. The summed E-state index contributed by atoms with van der Waals surface area (Å²) in [5.41, 5.74) is 0. The second-order valence-corrected chi connectivity index (χ2v) is 1.64. The summed E-state index contributed by atoms with van der Waals surface area (Å²) in [6, 6.07) is 0. The van der Waals surface area contributed by atoms with Gasteiger partial charge in [0.1, 0.15) is 0 Å². The fourth-order valence-corrected chi connectivity index (χ4v) is 0.476. The maximum Gasteiger partial charge on any atom is 0.0922 e. The van der Waals surface area contributed by atoms with Gasteiger partial charge in [-0.3, -0.25) is 0 Å². The number of allylic oxidation sites excluding steroid dienone is 3. The van der Waals surface area contributed by atoms with E-state index < -0.39 is 0 Å². The van der Waals surface area contributed by atoms with Gasteiger partial charge in [0.25, 0.3) is 0 Å². The molecule has 1 nitrogen and oxygen atoms in total. The molecule has 0 fully saturated rings. The molecule has 0 aliphatic heterocycles. The van der Waals surface area contributed by atoms with E-state index in [-0.39, 0.29) is 0 Å². The average Bonchev–Trinajstić information content (AvgIpc) is 1.93. The lowest BCUT2D eigenvalue weighted by molar-refractivity contribution is 0.387. The summed E-state index contributed by atoms with van der Waals surface area (Å²) in [6.45, 7) is 9.47. The lowest BCUT2D eigenvalue weighted by Crippen LogP contribution is -1.76. The van der Waals surface area contributed by atoms with Gasteiger partial charge in [-0.05, 0) is 12.5 Å². The summed E-state index contributed by atoms with van der Waals surface area (Å²) in [7, 11) is 0. The Labute approximate surface area is 64.1 Å². The first-order chi connectivity index (χ1) is 4.81. The van der Waals surface area contributed by atoms with Crippen molar-refractivity contribution in [2.75, 3.05) is 0 Å². The van der Waals surface area contributed by atoms with Gasteiger partial charge in [0.2, 0.25) is 0 Å². The standard InChI is InChI=1S/C7H12O.C2H6/c1-3-5-7(8)6-4-2;1-2/h3,5,8H,1,4,6H2,2H3;1-2H3/b7-5+;. The SMILES string of the molecule is C=C/C=C(/O)CCC.CC. The summed E-state index contributed by atoms with van der Waals surface area (Å²) in [5, 5.41) is 8.84. The lowest BCUT2D eigenvalue weighted by Gasteiger charge is -1.90. The monoisotopic (exact) mass is 142 g/mol. The first-order valence-electron chi connectivity index (χ1n) is 3.81. The Morgan fingerprint density at radius 1 is 1.50 bits per heavy atom. The first-order valence-corrected chi connectivity index (χ1v) is 3.81. The van der Waals surface area contributed by atoms with Gasteiger partial charge in [0.05, 0.1) is 5.76 Å². The molecule has 0 aliphatic rings. The van der Waals surface area contributed by atoms with Gasteiger partial charge in [-0.1, -0.05) is 33.4 Å². The van der Waals surface area contributed by atoms with Crippen molar-refractivity contribution < 1.29 is 5.11 Å². The van der Waals surface area contributed by atoms with Crippen molar-refractivity contribution in [3.8, 4) is 0 Å². The second kappa shape index (κ2) is 11.1. The Balaban J connectivity index is 0. The molecule has 1 heteroatoms. The minimum Gasteiger partial charge on any atom is -0.512 e. The predicted molar refractivity (Wildman–Crippen MR) is 47.2 cm³/mol. The van der Waals surface area contributed by atoms with E-state index in [1.54, 1.807) is 12.2 Å². The van der Waals surface area contributed by atoms with Crippen molar-refractivity contribution in [2.24, 2.45) is 0 Å². The van der Waals surface area contributed by atoms with Crippen LogP contribution in [0.1, 0.15) is 33.6 Å². The zero-order valence-electron chi connectivity index (χ0n) is 7.22. The molecular weight excluding hydrogens is 124 g/mol. The number of rotatable bonds is 3. The van der Waals surface area contributed by atoms with Crippen LogP contribution >= 0.6 is 0 Å². The van der Waals surface area contributed by atoms with Crippen LogP contribution < -0.4 is 0 Å². The van der Waals surface area contributed by atoms with Crippen molar-refractivity contribution in [1.29, 1.82) is 0 Å². The predicted octanol–water partition coefficient (Wildman–Crippen LogP) is 3.44. The van der Waals surface area contributed by atoms with E-state index >= 15 is 0 Å². The molecule has 0 unspecified atom stereocenters. The van der Waals surface area contributed by atoms with Crippen LogP contribution in [0, 0.1) is 0 Å². The largest absolute Gasteiger partial charge is 0.512 e. The van der Waals surface area contributed by atoms with Crippen molar-refractivity contribution in [3.63, 3.8) is 0 Å². The quantitative estimate of drug-likeness (QED) is 0.472. The molecule has 0 aromatic carbocycles. The van der Waals surface area contributed by atoms with Crippen LogP contribution in [0.4, 0.5) is 0 Å². The minimum absolute atomic E-state index is 0.419. The molecule has 1 N–H and O–H groups in total. The Morgan fingerprint density at radius 3 is 2.30 bits per heavy atom. The molecule has 10 heavy (non-hydrogen) atoms. The fraction of sp³-hybridized carbons (Fsp3) is 0.556. The summed E-state index contributed by atoms with van der Waals surface area (Å²) < 4.78 is 0. The van der Waals surface area contributed by atoms with Crippen molar-refractivity contribution in [3.05, 3.63) is 24.5 Å². The van der Waals surface area contributed by atoms with Crippen LogP contribution in [0.2, 0.25) is 0 Å². The van der Waals surface area contributed by atoms with Crippen LogP contribution in [0.25, 0.3) is 0 Å². The third-order valence-corrected chi connectivity index (χ3v) is 0.816. The Bertz CT molecular complexity index is 92.9. The minimum atomic E-state index is 0.419. The van der Waals surface area contributed by atoms with E-state index in [4.69, 9.17) is 5.11 Å². The zero-order chi connectivity index (χ0) is 8.41. The van der Waals surface area contributed by atoms with E-state index in [2.05, 4.69) is 6.58 Å². The molecule has 60 valence electrons. The highest BCUT2D eigenvalue weighted by Crippen LogP contribution is 1.98. The Hall–Kier alpha value is -0.720. The molecule has 0 atom stereocenters. The number of aliphatic hydroxyl groups excluding tert-OH is 1. The maximum atomic E-state index is 8.84. The number of aliphatic hydroxyl groups is 1. The summed E-state index contributed by atoms with van der Waals surface area (Å²) >= 11 is 0. The van der Waals surface area contributed by atoms with Crippen LogP contribution in [0.15, 0.2) is 24.5 Å². The maximum absolute atomic E-state index is 8.84. The topological polar surface area (TPSA) is 20.2 Å². The highest BCUT2D eigenvalue weighted by atomic mass is 16.3. The van der Waals surface area contributed by atoms with E-state index in [1.807, 2.05) is 20.8 Å². The molecular formula is C9H18O. The lowest BCUT2D eigenvalue weighted by atomic mass is 10.3. The average molecular weight is 142 g/mol. The van der Waals surface area contributed by atoms with Gasteiger partial charge in [-0.2, -0.15) is 0 Å². The molecule has 0 aromatic heterocycles. The molecule has 0 spiro atoms. The van der Waals surface area contributed by atoms with Crippen LogP contribution in [0.5, 0.6) is 0 Å². The van der Waals surface area contributed by atoms with Gasteiger partial charge in [-0.25, -0.2) is 0 Å². The van der Waals surface area contributed by atoms with Crippen LogP contribution in [-0.4, -0.2) is 5.11 Å². The van der Waals surface area contributed by atoms with Crippen molar-refractivity contribution in [1.82, 2.24) is 0 Å².